The van der Waals surface area contributed by atoms with Crippen molar-refractivity contribution in [3.8, 4) is 0 Å². The molecule has 174 valence electrons. The Balaban J connectivity index is 1.32. The number of benzene rings is 1. The van der Waals surface area contributed by atoms with Gasteiger partial charge in [0.05, 0.1) is 12.3 Å². The number of fused-ring (bicyclic) bond motifs is 1. The SMILES string of the molecule is CCOCCN(C)c1ccc(Nc2nc3c(c(Nc4cc(C5CC5)[nH]n4)n2)CCNC3)cc1. The lowest BCUT2D eigenvalue weighted by atomic mass is 10.1. The highest BCUT2D eigenvalue weighted by atomic mass is 16.5. The third-order valence-electron chi connectivity index (χ3n) is 6.14. The second-order valence-electron chi connectivity index (χ2n) is 8.65. The lowest BCUT2D eigenvalue weighted by Crippen LogP contribution is -2.26. The van der Waals surface area contributed by atoms with E-state index < -0.39 is 0 Å². The maximum absolute atomic E-state index is 5.46. The third-order valence-corrected chi connectivity index (χ3v) is 6.14. The van der Waals surface area contributed by atoms with Crippen LogP contribution in [0.15, 0.2) is 30.3 Å². The number of hydrogen-bond acceptors (Lipinski definition) is 8. The number of likely N-dealkylation sites (N-methyl/N-ethyl adjacent to an activating group) is 1. The predicted octanol–water partition coefficient (Wildman–Crippen LogP) is 3.68. The first-order chi connectivity index (χ1) is 16.2. The monoisotopic (exact) mass is 448 g/mol. The Morgan fingerprint density at radius 2 is 2.00 bits per heavy atom. The summed E-state index contributed by atoms with van der Waals surface area (Å²) in [5.74, 6) is 2.84. The first-order valence-electron chi connectivity index (χ1n) is 11.8. The van der Waals surface area contributed by atoms with Crippen LogP contribution in [0.2, 0.25) is 0 Å². The van der Waals surface area contributed by atoms with E-state index in [1.165, 1.54) is 18.5 Å². The van der Waals surface area contributed by atoms with Gasteiger partial charge in [0.1, 0.15) is 5.82 Å². The molecule has 0 saturated heterocycles. The molecular weight excluding hydrogens is 416 g/mol. The Bertz CT molecular complexity index is 1080. The molecule has 1 aromatic carbocycles. The third kappa shape index (κ3) is 5.26. The topological polar surface area (TPSA) is 103 Å². The molecule has 0 bridgehead atoms. The van der Waals surface area contributed by atoms with E-state index in [4.69, 9.17) is 14.7 Å². The second-order valence-corrected chi connectivity index (χ2v) is 8.65. The normalized spacial score (nSPS) is 15.2. The zero-order valence-electron chi connectivity index (χ0n) is 19.3. The fourth-order valence-corrected chi connectivity index (χ4v) is 4.05. The average molecular weight is 449 g/mol. The molecule has 2 aromatic heterocycles. The molecule has 0 atom stereocenters. The number of nitrogens with zero attached hydrogens (tertiary/aromatic N) is 4. The Morgan fingerprint density at radius 1 is 1.15 bits per heavy atom. The van der Waals surface area contributed by atoms with Crippen LogP contribution in [0.5, 0.6) is 0 Å². The Labute approximate surface area is 194 Å². The van der Waals surface area contributed by atoms with Crippen molar-refractivity contribution in [2.24, 2.45) is 0 Å². The van der Waals surface area contributed by atoms with Crippen LogP contribution in [0.4, 0.5) is 29.0 Å². The van der Waals surface area contributed by atoms with Crippen molar-refractivity contribution in [2.45, 2.75) is 38.6 Å². The van der Waals surface area contributed by atoms with Crippen LogP contribution in [0.1, 0.15) is 42.6 Å². The minimum Gasteiger partial charge on any atom is -0.380 e. The van der Waals surface area contributed by atoms with E-state index in [1.54, 1.807) is 0 Å². The van der Waals surface area contributed by atoms with Crippen LogP contribution in [0.3, 0.4) is 0 Å². The predicted molar refractivity (Wildman–Crippen MR) is 131 cm³/mol. The molecule has 1 aliphatic carbocycles. The molecule has 0 spiro atoms. The van der Waals surface area contributed by atoms with Crippen LogP contribution >= 0.6 is 0 Å². The summed E-state index contributed by atoms with van der Waals surface area (Å²) in [6, 6.07) is 10.4. The molecule has 1 aliphatic heterocycles. The van der Waals surface area contributed by atoms with Crippen molar-refractivity contribution >= 4 is 29.0 Å². The summed E-state index contributed by atoms with van der Waals surface area (Å²) in [5, 5.41) is 17.8. The molecule has 2 aliphatic rings. The molecule has 0 unspecified atom stereocenters. The highest BCUT2D eigenvalue weighted by molar-refractivity contribution is 5.64. The van der Waals surface area contributed by atoms with Crippen LogP contribution in [-0.2, 0) is 17.7 Å². The number of ether oxygens (including phenoxy) is 1. The first-order valence-corrected chi connectivity index (χ1v) is 11.8. The van der Waals surface area contributed by atoms with Crippen molar-refractivity contribution in [3.05, 3.63) is 47.3 Å². The summed E-state index contributed by atoms with van der Waals surface area (Å²) in [4.78, 5) is 11.8. The van der Waals surface area contributed by atoms with Crippen molar-refractivity contribution in [1.29, 1.82) is 0 Å². The quantitative estimate of drug-likeness (QED) is 0.348. The van der Waals surface area contributed by atoms with E-state index in [-0.39, 0.29) is 0 Å². The number of rotatable bonds is 10. The smallest absolute Gasteiger partial charge is 0.229 e. The molecule has 9 heteroatoms. The van der Waals surface area contributed by atoms with Gasteiger partial charge < -0.3 is 25.6 Å². The summed E-state index contributed by atoms with van der Waals surface area (Å²) in [6.45, 7) is 5.99. The maximum Gasteiger partial charge on any atom is 0.229 e. The number of anilines is 5. The zero-order chi connectivity index (χ0) is 22.6. The van der Waals surface area contributed by atoms with Crippen molar-refractivity contribution in [2.75, 3.05) is 48.9 Å². The number of aromatic amines is 1. The fraction of sp³-hybridized carbons (Fsp3) is 0.458. The summed E-state index contributed by atoms with van der Waals surface area (Å²) in [5.41, 5.74) is 5.46. The van der Waals surface area contributed by atoms with Gasteiger partial charge >= 0.3 is 0 Å². The molecule has 9 nitrogen and oxygen atoms in total. The van der Waals surface area contributed by atoms with E-state index in [9.17, 15) is 0 Å². The highest BCUT2D eigenvalue weighted by Crippen LogP contribution is 2.39. The van der Waals surface area contributed by atoms with Gasteiger partial charge in [-0.15, -0.1) is 0 Å². The molecule has 3 heterocycles. The van der Waals surface area contributed by atoms with Crippen LogP contribution < -0.4 is 20.9 Å². The van der Waals surface area contributed by atoms with Crippen molar-refractivity contribution in [1.82, 2.24) is 25.5 Å². The molecule has 1 saturated carbocycles. The maximum atomic E-state index is 5.46. The lowest BCUT2D eigenvalue weighted by Gasteiger charge is -2.21. The van der Waals surface area contributed by atoms with Gasteiger partial charge in [-0.05, 0) is 57.0 Å². The number of H-pyrrole nitrogens is 1. The van der Waals surface area contributed by atoms with Gasteiger partial charge in [-0.3, -0.25) is 5.10 Å². The summed E-state index contributed by atoms with van der Waals surface area (Å²) >= 11 is 0. The van der Waals surface area contributed by atoms with Gasteiger partial charge in [-0.25, -0.2) is 4.98 Å². The van der Waals surface area contributed by atoms with Crippen LogP contribution in [0, 0.1) is 0 Å². The van der Waals surface area contributed by atoms with Gasteiger partial charge in [0.2, 0.25) is 5.95 Å². The van der Waals surface area contributed by atoms with Crippen molar-refractivity contribution in [3.63, 3.8) is 0 Å². The van der Waals surface area contributed by atoms with Crippen LogP contribution in [0.25, 0.3) is 0 Å². The molecule has 33 heavy (non-hydrogen) atoms. The fourth-order valence-electron chi connectivity index (χ4n) is 4.05. The Hall–Kier alpha value is -3.17. The van der Waals surface area contributed by atoms with Gasteiger partial charge in [-0.2, -0.15) is 10.1 Å². The number of aromatic nitrogens is 4. The molecule has 4 N–H and O–H groups in total. The van der Waals surface area contributed by atoms with E-state index in [1.807, 2.05) is 6.92 Å². The molecule has 0 amide bonds. The average Bonchev–Trinajstić information content (AvgIpc) is 3.58. The molecular formula is C24H32N8O. The highest BCUT2D eigenvalue weighted by Gasteiger charge is 2.26. The Morgan fingerprint density at radius 3 is 2.79 bits per heavy atom. The molecule has 3 aromatic rings. The molecule has 1 fully saturated rings. The van der Waals surface area contributed by atoms with Crippen molar-refractivity contribution < 1.29 is 4.74 Å². The van der Waals surface area contributed by atoms with Gasteiger partial charge in [0, 0.05) is 61.4 Å². The first kappa shape index (κ1) is 21.7. The van der Waals surface area contributed by atoms with E-state index >= 15 is 0 Å². The van der Waals surface area contributed by atoms with Gasteiger partial charge in [0.15, 0.2) is 5.82 Å². The Kier molecular flexibility index (Phi) is 6.41. The number of hydrogen-bond donors (Lipinski definition) is 4. The van der Waals surface area contributed by atoms with Gasteiger partial charge in [0.25, 0.3) is 0 Å². The largest absolute Gasteiger partial charge is 0.380 e. The molecule has 5 rings (SSSR count). The lowest BCUT2D eigenvalue weighted by molar-refractivity contribution is 0.154. The standard InChI is InChI=1S/C24H32N8O/c1-3-33-13-12-32(2)18-8-6-17(7-9-18)26-24-27-21-15-25-11-10-19(21)23(29-24)28-22-14-20(30-31-22)16-4-5-16/h6-9,14,16,25H,3-5,10-13,15H2,1-2H3,(H3,26,27,28,29,30,31). The summed E-state index contributed by atoms with van der Waals surface area (Å²) in [6.07, 6.45) is 3.37. The minimum absolute atomic E-state index is 0.579. The van der Waals surface area contributed by atoms with E-state index in [0.717, 1.165) is 73.5 Å². The molecule has 0 radical (unpaired) electrons. The van der Waals surface area contributed by atoms with E-state index in [2.05, 4.69) is 68.4 Å². The van der Waals surface area contributed by atoms with Crippen LogP contribution in [-0.4, -0.2) is 53.5 Å². The number of nitrogens with one attached hydrogen (secondary N) is 4. The van der Waals surface area contributed by atoms with E-state index in [0.29, 0.717) is 11.9 Å². The summed E-state index contributed by atoms with van der Waals surface area (Å²) in [7, 11) is 2.07. The second kappa shape index (κ2) is 9.76. The zero-order valence-corrected chi connectivity index (χ0v) is 19.3. The summed E-state index contributed by atoms with van der Waals surface area (Å²) < 4.78 is 5.46. The minimum atomic E-state index is 0.579. The van der Waals surface area contributed by atoms with Gasteiger partial charge in [-0.1, -0.05) is 0 Å².